The molecule has 0 heterocycles. The van der Waals surface area contributed by atoms with Crippen LogP contribution in [0.5, 0.6) is 0 Å². The third kappa shape index (κ3) is 1.88. The highest BCUT2D eigenvalue weighted by molar-refractivity contribution is 9.10. The largest absolute Gasteiger partial charge is 0.355 e. The van der Waals surface area contributed by atoms with Gasteiger partial charge in [0.1, 0.15) is 5.82 Å². The molecule has 0 aliphatic rings. The Balaban J connectivity index is 3.26. The average Bonchev–Trinajstić information content (AvgIpc) is 2.13. The normalized spacial score (nSPS) is 9.85. The van der Waals surface area contributed by atoms with Crippen molar-refractivity contribution in [2.45, 2.75) is 6.92 Å². The summed E-state index contributed by atoms with van der Waals surface area (Å²) in [5.74, 6) is -0.566. The van der Waals surface area contributed by atoms with Gasteiger partial charge in [0.05, 0.1) is 4.47 Å². The summed E-state index contributed by atoms with van der Waals surface area (Å²) in [5, 5.41) is 2.49. The van der Waals surface area contributed by atoms with Crippen molar-refractivity contribution < 1.29 is 9.18 Å². The van der Waals surface area contributed by atoms with Gasteiger partial charge in [0.2, 0.25) is 0 Å². The molecule has 0 aliphatic heterocycles. The lowest BCUT2D eigenvalue weighted by Gasteiger charge is -2.06. The Bertz CT molecular complexity index is 352. The first kappa shape index (κ1) is 10.2. The second-order valence-corrected chi connectivity index (χ2v) is 3.41. The average molecular weight is 246 g/mol. The molecule has 0 aromatic heterocycles. The first-order chi connectivity index (χ1) is 6.07. The van der Waals surface area contributed by atoms with Crippen LogP contribution in [0, 0.1) is 12.7 Å². The molecule has 2 nitrogen and oxygen atoms in total. The van der Waals surface area contributed by atoms with E-state index in [4.69, 9.17) is 0 Å². The topological polar surface area (TPSA) is 29.1 Å². The van der Waals surface area contributed by atoms with Gasteiger partial charge in [0.25, 0.3) is 5.91 Å². The number of nitrogens with one attached hydrogen (secondary N) is 1. The summed E-state index contributed by atoms with van der Waals surface area (Å²) in [6.45, 7) is 1.69. The molecule has 1 aromatic carbocycles. The lowest BCUT2D eigenvalue weighted by molar-refractivity contribution is 0.0962. The van der Waals surface area contributed by atoms with Crippen LogP contribution in [0.25, 0.3) is 0 Å². The van der Waals surface area contributed by atoms with Gasteiger partial charge in [-0.3, -0.25) is 4.79 Å². The zero-order chi connectivity index (χ0) is 10.0. The predicted molar refractivity (Wildman–Crippen MR) is 52.2 cm³/mol. The van der Waals surface area contributed by atoms with Crippen molar-refractivity contribution in [1.29, 1.82) is 0 Å². The van der Waals surface area contributed by atoms with Crippen LogP contribution in [0.15, 0.2) is 16.6 Å². The van der Waals surface area contributed by atoms with E-state index in [0.717, 1.165) is 0 Å². The minimum absolute atomic E-state index is 0.210. The van der Waals surface area contributed by atoms with E-state index in [9.17, 15) is 9.18 Å². The van der Waals surface area contributed by atoms with Crippen molar-refractivity contribution >= 4 is 21.8 Å². The number of hydrogen-bond acceptors (Lipinski definition) is 1. The molecule has 1 N–H and O–H groups in total. The molecule has 0 radical (unpaired) electrons. The summed E-state index contributed by atoms with van der Waals surface area (Å²) in [6.07, 6.45) is 0. The summed E-state index contributed by atoms with van der Waals surface area (Å²) in [4.78, 5) is 11.2. The molecule has 13 heavy (non-hydrogen) atoms. The number of carbonyl (C=O) groups excluding carboxylic acids is 1. The van der Waals surface area contributed by atoms with E-state index in [1.807, 2.05) is 0 Å². The van der Waals surface area contributed by atoms with E-state index in [2.05, 4.69) is 21.2 Å². The number of halogens is 2. The van der Waals surface area contributed by atoms with E-state index in [1.165, 1.54) is 12.1 Å². The van der Waals surface area contributed by atoms with Gasteiger partial charge in [-0.15, -0.1) is 0 Å². The lowest BCUT2D eigenvalue weighted by Crippen LogP contribution is -2.19. The Morgan fingerprint density at radius 3 is 2.69 bits per heavy atom. The van der Waals surface area contributed by atoms with E-state index < -0.39 is 0 Å². The molecular weight excluding hydrogens is 237 g/mol. The van der Waals surface area contributed by atoms with Gasteiger partial charge in [-0.25, -0.2) is 4.39 Å². The maximum atomic E-state index is 12.9. The van der Waals surface area contributed by atoms with Crippen LogP contribution in [-0.2, 0) is 0 Å². The number of amides is 1. The van der Waals surface area contributed by atoms with Crippen molar-refractivity contribution in [2.24, 2.45) is 0 Å². The van der Waals surface area contributed by atoms with Crippen LogP contribution in [-0.4, -0.2) is 13.0 Å². The molecule has 0 aliphatic carbocycles. The fraction of sp³-hybridized carbons (Fsp3) is 0.222. The minimum Gasteiger partial charge on any atom is -0.355 e. The highest BCUT2D eigenvalue weighted by atomic mass is 79.9. The summed E-state index contributed by atoms with van der Waals surface area (Å²) in [6, 6.07) is 2.73. The zero-order valence-electron chi connectivity index (χ0n) is 7.32. The van der Waals surface area contributed by atoms with Gasteiger partial charge in [-0.05, 0) is 40.5 Å². The molecule has 0 spiro atoms. The molecule has 1 amide bonds. The maximum Gasteiger partial charge on any atom is 0.251 e. The van der Waals surface area contributed by atoms with Crippen molar-refractivity contribution in [1.82, 2.24) is 5.32 Å². The molecule has 0 saturated carbocycles. The number of rotatable bonds is 1. The van der Waals surface area contributed by atoms with Gasteiger partial charge < -0.3 is 5.32 Å². The van der Waals surface area contributed by atoms with Gasteiger partial charge in [0.15, 0.2) is 0 Å². The van der Waals surface area contributed by atoms with Gasteiger partial charge >= 0.3 is 0 Å². The Labute approximate surface area is 84.3 Å². The van der Waals surface area contributed by atoms with E-state index in [1.54, 1.807) is 14.0 Å². The molecule has 0 atom stereocenters. The zero-order valence-corrected chi connectivity index (χ0v) is 8.90. The number of benzene rings is 1. The standard InChI is InChI=1S/C9H9BrFNO/c1-5-6(9(13)12-2)3-4-7(11)8(5)10/h3-4H,1-2H3,(H,12,13). The van der Waals surface area contributed by atoms with Gasteiger partial charge in [-0.2, -0.15) is 0 Å². The van der Waals surface area contributed by atoms with Crippen LogP contribution in [0.4, 0.5) is 4.39 Å². The Hall–Kier alpha value is -0.900. The minimum atomic E-state index is -0.356. The van der Waals surface area contributed by atoms with Crippen LogP contribution >= 0.6 is 15.9 Å². The molecule has 0 unspecified atom stereocenters. The fourth-order valence-corrected chi connectivity index (χ4v) is 1.38. The second kappa shape index (κ2) is 3.87. The summed E-state index contributed by atoms with van der Waals surface area (Å²) >= 11 is 3.07. The van der Waals surface area contributed by atoms with E-state index in [0.29, 0.717) is 15.6 Å². The van der Waals surface area contributed by atoms with E-state index >= 15 is 0 Å². The monoisotopic (exact) mass is 245 g/mol. The van der Waals surface area contributed by atoms with Crippen molar-refractivity contribution in [3.63, 3.8) is 0 Å². The first-order valence-electron chi connectivity index (χ1n) is 3.74. The molecule has 1 aromatic rings. The fourth-order valence-electron chi connectivity index (χ4n) is 1.03. The molecule has 0 fully saturated rings. The predicted octanol–water partition coefficient (Wildman–Crippen LogP) is 2.26. The summed E-state index contributed by atoms with van der Waals surface area (Å²) in [5.41, 5.74) is 1.09. The molecule has 1 rings (SSSR count). The van der Waals surface area contributed by atoms with Gasteiger partial charge in [-0.1, -0.05) is 0 Å². The smallest absolute Gasteiger partial charge is 0.251 e. The van der Waals surface area contributed by atoms with Crippen molar-refractivity contribution in [2.75, 3.05) is 7.05 Å². The molecule has 4 heteroatoms. The Morgan fingerprint density at radius 1 is 1.54 bits per heavy atom. The second-order valence-electron chi connectivity index (χ2n) is 2.61. The molecular formula is C9H9BrFNO. The van der Waals surface area contributed by atoms with Gasteiger partial charge in [0, 0.05) is 12.6 Å². The van der Waals surface area contributed by atoms with Crippen molar-refractivity contribution in [3.8, 4) is 0 Å². The Kier molecular flexibility index (Phi) is 3.03. The number of carbonyl (C=O) groups is 1. The molecule has 0 bridgehead atoms. The highest BCUT2D eigenvalue weighted by Gasteiger charge is 2.11. The van der Waals surface area contributed by atoms with Crippen molar-refractivity contribution in [3.05, 3.63) is 33.5 Å². The summed E-state index contributed by atoms with van der Waals surface area (Å²) in [7, 11) is 1.54. The first-order valence-corrected chi connectivity index (χ1v) is 4.54. The summed E-state index contributed by atoms with van der Waals surface area (Å²) < 4.78 is 13.3. The van der Waals surface area contributed by atoms with E-state index in [-0.39, 0.29) is 11.7 Å². The third-order valence-electron chi connectivity index (χ3n) is 1.81. The highest BCUT2D eigenvalue weighted by Crippen LogP contribution is 2.22. The van der Waals surface area contributed by atoms with Crippen LogP contribution in [0.1, 0.15) is 15.9 Å². The lowest BCUT2D eigenvalue weighted by atomic mass is 10.1. The maximum absolute atomic E-state index is 12.9. The third-order valence-corrected chi connectivity index (χ3v) is 2.78. The Morgan fingerprint density at radius 2 is 2.15 bits per heavy atom. The number of hydrogen-bond donors (Lipinski definition) is 1. The quantitative estimate of drug-likeness (QED) is 0.809. The molecule has 0 saturated heterocycles. The van der Waals surface area contributed by atoms with Crippen LogP contribution in [0.2, 0.25) is 0 Å². The van der Waals surface area contributed by atoms with Crippen LogP contribution < -0.4 is 5.32 Å². The SMILES string of the molecule is CNC(=O)c1ccc(F)c(Br)c1C. The molecule has 70 valence electrons. The van der Waals surface area contributed by atoms with Crippen LogP contribution in [0.3, 0.4) is 0 Å².